The van der Waals surface area contributed by atoms with Crippen molar-refractivity contribution in [2.75, 3.05) is 26.7 Å². The normalized spacial score (nSPS) is 45.6. The monoisotopic (exact) mass is 196 g/mol. The van der Waals surface area contributed by atoms with Crippen LogP contribution in [0.4, 0.5) is 0 Å². The highest BCUT2D eigenvalue weighted by Crippen LogP contribution is 2.34. The smallest absolute Gasteiger partial charge is 0.0161 e. The summed E-state index contributed by atoms with van der Waals surface area (Å²) in [6.45, 7) is 8.61. The predicted molar refractivity (Wildman–Crippen MR) is 60.3 cm³/mol. The number of nitrogens with zero attached hydrogens (tertiary/aromatic N) is 1. The molecule has 0 amide bonds. The molecule has 14 heavy (non-hydrogen) atoms. The SMILES string of the molecule is CC1CN(C)C(C2CCCNC2)C1C. The van der Waals surface area contributed by atoms with E-state index in [1.807, 2.05) is 0 Å². The van der Waals surface area contributed by atoms with Crippen molar-refractivity contribution in [3.8, 4) is 0 Å². The van der Waals surface area contributed by atoms with Gasteiger partial charge in [0, 0.05) is 12.6 Å². The molecule has 2 heterocycles. The van der Waals surface area contributed by atoms with Crippen molar-refractivity contribution in [2.24, 2.45) is 17.8 Å². The van der Waals surface area contributed by atoms with E-state index in [0.717, 1.165) is 23.8 Å². The highest BCUT2D eigenvalue weighted by atomic mass is 15.2. The Labute approximate surface area is 88.1 Å². The van der Waals surface area contributed by atoms with Crippen LogP contribution in [0.5, 0.6) is 0 Å². The maximum atomic E-state index is 3.54. The van der Waals surface area contributed by atoms with Crippen molar-refractivity contribution in [2.45, 2.75) is 32.7 Å². The zero-order valence-corrected chi connectivity index (χ0v) is 9.79. The van der Waals surface area contributed by atoms with E-state index in [1.165, 1.54) is 32.5 Å². The second kappa shape index (κ2) is 4.19. The summed E-state index contributed by atoms with van der Waals surface area (Å²) in [6, 6.07) is 0.831. The topological polar surface area (TPSA) is 15.3 Å². The first-order valence-electron chi connectivity index (χ1n) is 6.11. The van der Waals surface area contributed by atoms with Crippen LogP contribution in [0.1, 0.15) is 26.7 Å². The van der Waals surface area contributed by atoms with E-state index < -0.39 is 0 Å². The summed E-state index contributed by atoms with van der Waals surface area (Å²) in [5.41, 5.74) is 0. The molecule has 0 aromatic carbocycles. The Hall–Kier alpha value is -0.0800. The van der Waals surface area contributed by atoms with Gasteiger partial charge in [-0.15, -0.1) is 0 Å². The molecule has 0 bridgehead atoms. The van der Waals surface area contributed by atoms with E-state index in [4.69, 9.17) is 0 Å². The lowest BCUT2D eigenvalue weighted by Crippen LogP contribution is -2.44. The minimum absolute atomic E-state index is 0.831. The van der Waals surface area contributed by atoms with Crippen molar-refractivity contribution < 1.29 is 0 Å². The number of nitrogens with one attached hydrogen (secondary N) is 1. The third kappa shape index (κ3) is 1.82. The van der Waals surface area contributed by atoms with Gasteiger partial charge in [-0.3, -0.25) is 0 Å². The van der Waals surface area contributed by atoms with Gasteiger partial charge in [-0.05, 0) is 50.7 Å². The minimum atomic E-state index is 0.831. The lowest BCUT2D eigenvalue weighted by Gasteiger charge is -2.35. The molecule has 0 radical (unpaired) electrons. The summed E-state index contributed by atoms with van der Waals surface area (Å²) in [5, 5.41) is 3.54. The Balaban J connectivity index is 2.00. The summed E-state index contributed by atoms with van der Waals surface area (Å²) in [7, 11) is 2.30. The fourth-order valence-corrected chi connectivity index (χ4v) is 3.44. The van der Waals surface area contributed by atoms with Crippen molar-refractivity contribution in [1.29, 1.82) is 0 Å². The van der Waals surface area contributed by atoms with E-state index in [1.54, 1.807) is 0 Å². The molecule has 4 unspecified atom stereocenters. The zero-order valence-electron chi connectivity index (χ0n) is 9.79. The van der Waals surface area contributed by atoms with E-state index in [0.29, 0.717) is 0 Å². The molecule has 1 N–H and O–H groups in total. The molecule has 2 heteroatoms. The number of likely N-dealkylation sites (tertiary alicyclic amines) is 1. The largest absolute Gasteiger partial charge is 0.316 e. The van der Waals surface area contributed by atoms with Gasteiger partial charge in [0.15, 0.2) is 0 Å². The maximum Gasteiger partial charge on any atom is 0.0161 e. The Kier molecular flexibility index (Phi) is 3.13. The van der Waals surface area contributed by atoms with E-state index in [2.05, 4.69) is 31.1 Å². The molecule has 2 aliphatic heterocycles. The van der Waals surface area contributed by atoms with Gasteiger partial charge in [0.1, 0.15) is 0 Å². The van der Waals surface area contributed by atoms with Crippen LogP contribution in [0.25, 0.3) is 0 Å². The Morgan fingerprint density at radius 1 is 1.29 bits per heavy atom. The lowest BCUT2D eigenvalue weighted by molar-refractivity contribution is 0.167. The maximum absolute atomic E-state index is 3.54. The van der Waals surface area contributed by atoms with Crippen molar-refractivity contribution in [3.63, 3.8) is 0 Å². The summed E-state index contributed by atoms with van der Waals surface area (Å²) < 4.78 is 0. The third-order valence-corrected chi connectivity index (χ3v) is 4.34. The highest BCUT2D eigenvalue weighted by Gasteiger charge is 2.39. The van der Waals surface area contributed by atoms with E-state index in [-0.39, 0.29) is 0 Å². The first-order valence-corrected chi connectivity index (χ1v) is 6.11. The lowest BCUT2D eigenvalue weighted by atomic mass is 9.82. The summed E-state index contributed by atoms with van der Waals surface area (Å²) >= 11 is 0. The van der Waals surface area contributed by atoms with Crippen LogP contribution in [-0.4, -0.2) is 37.6 Å². The van der Waals surface area contributed by atoms with Crippen LogP contribution in [0, 0.1) is 17.8 Å². The highest BCUT2D eigenvalue weighted by molar-refractivity contribution is 4.93. The average molecular weight is 196 g/mol. The molecular formula is C12H24N2. The van der Waals surface area contributed by atoms with E-state index in [9.17, 15) is 0 Å². The Morgan fingerprint density at radius 3 is 2.57 bits per heavy atom. The van der Waals surface area contributed by atoms with Gasteiger partial charge >= 0.3 is 0 Å². The number of rotatable bonds is 1. The van der Waals surface area contributed by atoms with Gasteiger partial charge in [0.25, 0.3) is 0 Å². The molecule has 2 aliphatic rings. The first kappa shape index (κ1) is 10.4. The van der Waals surface area contributed by atoms with Gasteiger partial charge in [-0.1, -0.05) is 13.8 Å². The molecule has 82 valence electrons. The molecule has 4 atom stereocenters. The molecule has 2 nitrogen and oxygen atoms in total. The molecule has 0 saturated carbocycles. The van der Waals surface area contributed by atoms with Gasteiger partial charge in [-0.25, -0.2) is 0 Å². The predicted octanol–water partition coefficient (Wildman–Crippen LogP) is 1.57. The standard InChI is InChI=1S/C12H24N2/c1-9-8-14(3)12(10(9)2)11-5-4-6-13-7-11/h9-13H,4-8H2,1-3H3. The van der Waals surface area contributed by atoms with Crippen LogP contribution in [0.3, 0.4) is 0 Å². The Bertz CT molecular complexity index is 187. The quantitative estimate of drug-likeness (QED) is 0.685. The molecule has 2 saturated heterocycles. The summed E-state index contributed by atoms with van der Waals surface area (Å²) in [4.78, 5) is 2.59. The van der Waals surface area contributed by atoms with Crippen molar-refractivity contribution in [3.05, 3.63) is 0 Å². The fourth-order valence-electron chi connectivity index (χ4n) is 3.44. The number of hydrogen-bond donors (Lipinski definition) is 1. The van der Waals surface area contributed by atoms with Crippen molar-refractivity contribution >= 4 is 0 Å². The molecule has 2 fully saturated rings. The summed E-state index contributed by atoms with van der Waals surface area (Å²) in [6.07, 6.45) is 2.80. The molecule has 0 aromatic rings. The van der Waals surface area contributed by atoms with Gasteiger partial charge in [0.2, 0.25) is 0 Å². The number of hydrogen-bond acceptors (Lipinski definition) is 2. The number of piperidine rings is 1. The fraction of sp³-hybridized carbons (Fsp3) is 1.00. The molecule has 0 aromatic heterocycles. The molecule has 0 aliphatic carbocycles. The van der Waals surface area contributed by atoms with Gasteiger partial charge in [0.05, 0.1) is 0 Å². The summed E-state index contributed by atoms with van der Waals surface area (Å²) in [5.74, 6) is 2.66. The third-order valence-electron chi connectivity index (χ3n) is 4.34. The van der Waals surface area contributed by atoms with Gasteiger partial charge in [-0.2, -0.15) is 0 Å². The molecule has 2 rings (SSSR count). The van der Waals surface area contributed by atoms with Crippen LogP contribution >= 0.6 is 0 Å². The van der Waals surface area contributed by atoms with Crippen LogP contribution in [-0.2, 0) is 0 Å². The Morgan fingerprint density at radius 2 is 2.07 bits per heavy atom. The van der Waals surface area contributed by atoms with Crippen LogP contribution < -0.4 is 5.32 Å². The first-order chi connectivity index (χ1) is 6.70. The second-order valence-corrected chi connectivity index (χ2v) is 5.37. The average Bonchev–Trinajstić information content (AvgIpc) is 2.43. The molecular weight excluding hydrogens is 172 g/mol. The minimum Gasteiger partial charge on any atom is -0.316 e. The van der Waals surface area contributed by atoms with Crippen molar-refractivity contribution in [1.82, 2.24) is 10.2 Å². The van der Waals surface area contributed by atoms with E-state index >= 15 is 0 Å². The zero-order chi connectivity index (χ0) is 10.1. The van der Waals surface area contributed by atoms with Crippen LogP contribution in [0.15, 0.2) is 0 Å². The molecule has 0 spiro atoms. The van der Waals surface area contributed by atoms with Crippen LogP contribution in [0.2, 0.25) is 0 Å². The van der Waals surface area contributed by atoms with Gasteiger partial charge < -0.3 is 10.2 Å². The second-order valence-electron chi connectivity index (χ2n) is 5.37.